The highest BCUT2D eigenvalue weighted by atomic mass is 16.5. The second kappa shape index (κ2) is 8.86. The van der Waals surface area contributed by atoms with E-state index in [2.05, 4.69) is 10.2 Å². The summed E-state index contributed by atoms with van der Waals surface area (Å²) < 4.78 is 5.91. The van der Waals surface area contributed by atoms with E-state index in [4.69, 9.17) is 4.74 Å². The number of benzene rings is 2. The molecule has 2 aromatic carbocycles. The van der Waals surface area contributed by atoms with E-state index in [0.29, 0.717) is 35.8 Å². The SMILES string of the molecule is Cc1ccc(NC(=O)CN2C(=O)C(C)(C)Oc3ccc(C(=O)N4CCN(C)CC4)cc32)cc1. The average molecular weight is 451 g/mol. The lowest BCUT2D eigenvalue weighted by Crippen LogP contribution is -2.54. The van der Waals surface area contributed by atoms with Crippen LogP contribution in [-0.2, 0) is 9.59 Å². The summed E-state index contributed by atoms with van der Waals surface area (Å²) >= 11 is 0. The number of carbonyl (C=O) groups excluding carboxylic acids is 3. The molecule has 0 unspecified atom stereocenters. The first-order valence-corrected chi connectivity index (χ1v) is 11.1. The van der Waals surface area contributed by atoms with Crippen LogP contribution in [-0.4, -0.2) is 72.9 Å². The minimum atomic E-state index is -1.12. The number of nitrogens with zero attached hydrogens (tertiary/aromatic N) is 3. The fourth-order valence-corrected chi connectivity index (χ4v) is 4.03. The van der Waals surface area contributed by atoms with Crippen LogP contribution < -0.4 is 15.0 Å². The predicted molar refractivity (Wildman–Crippen MR) is 127 cm³/mol. The molecular weight excluding hydrogens is 420 g/mol. The van der Waals surface area contributed by atoms with Crippen molar-refractivity contribution in [1.29, 1.82) is 0 Å². The van der Waals surface area contributed by atoms with Crippen molar-refractivity contribution in [2.75, 3.05) is 50.0 Å². The molecule has 4 rings (SSSR count). The van der Waals surface area contributed by atoms with Gasteiger partial charge in [0.1, 0.15) is 12.3 Å². The van der Waals surface area contributed by atoms with Crippen molar-refractivity contribution in [3.05, 3.63) is 53.6 Å². The third kappa shape index (κ3) is 4.85. The molecule has 0 aromatic heterocycles. The van der Waals surface area contributed by atoms with Crippen molar-refractivity contribution >= 4 is 29.1 Å². The summed E-state index contributed by atoms with van der Waals surface area (Å²) in [5.74, 6) is -0.283. The van der Waals surface area contributed by atoms with Crippen LogP contribution >= 0.6 is 0 Å². The highest BCUT2D eigenvalue weighted by molar-refractivity contribution is 6.08. The average Bonchev–Trinajstić information content (AvgIpc) is 2.78. The van der Waals surface area contributed by atoms with Crippen LogP contribution in [0.3, 0.4) is 0 Å². The van der Waals surface area contributed by atoms with Crippen LogP contribution in [0.2, 0.25) is 0 Å². The molecule has 0 radical (unpaired) electrons. The first-order chi connectivity index (χ1) is 15.6. The number of fused-ring (bicyclic) bond motifs is 1. The quantitative estimate of drug-likeness (QED) is 0.774. The second-order valence-corrected chi connectivity index (χ2v) is 9.20. The lowest BCUT2D eigenvalue weighted by Gasteiger charge is -2.39. The summed E-state index contributed by atoms with van der Waals surface area (Å²) in [5, 5.41) is 2.83. The van der Waals surface area contributed by atoms with Crippen molar-refractivity contribution in [1.82, 2.24) is 9.80 Å². The van der Waals surface area contributed by atoms with Gasteiger partial charge in [0.05, 0.1) is 5.69 Å². The summed E-state index contributed by atoms with van der Waals surface area (Å²) in [6.45, 7) is 8.07. The Morgan fingerprint density at radius 2 is 1.70 bits per heavy atom. The van der Waals surface area contributed by atoms with Crippen molar-refractivity contribution in [3.63, 3.8) is 0 Å². The molecule has 1 saturated heterocycles. The summed E-state index contributed by atoms with van der Waals surface area (Å²) in [6, 6.07) is 12.5. The van der Waals surface area contributed by atoms with Gasteiger partial charge in [-0.15, -0.1) is 0 Å². The molecule has 0 aliphatic carbocycles. The summed E-state index contributed by atoms with van der Waals surface area (Å²) in [4.78, 5) is 44.5. The van der Waals surface area contributed by atoms with Crippen LogP contribution in [0.15, 0.2) is 42.5 Å². The van der Waals surface area contributed by atoms with Crippen LogP contribution in [0.25, 0.3) is 0 Å². The largest absolute Gasteiger partial charge is 0.476 e. The van der Waals surface area contributed by atoms with Gasteiger partial charge in [-0.05, 0) is 58.2 Å². The Labute approximate surface area is 194 Å². The minimum Gasteiger partial charge on any atom is -0.476 e. The molecule has 3 amide bonds. The highest BCUT2D eigenvalue weighted by Gasteiger charge is 2.42. The van der Waals surface area contributed by atoms with Gasteiger partial charge >= 0.3 is 0 Å². The van der Waals surface area contributed by atoms with E-state index in [1.807, 2.05) is 43.1 Å². The number of carbonyl (C=O) groups is 3. The molecule has 2 aromatic rings. The molecule has 2 aliphatic heterocycles. The van der Waals surface area contributed by atoms with Crippen LogP contribution in [0.5, 0.6) is 5.75 Å². The zero-order valence-electron chi connectivity index (χ0n) is 19.6. The minimum absolute atomic E-state index is 0.0905. The van der Waals surface area contributed by atoms with E-state index < -0.39 is 5.60 Å². The summed E-state index contributed by atoms with van der Waals surface area (Å²) in [7, 11) is 2.03. The van der Waals surface area contributed by atoms with Crippen LogP contribution in [0, 0.1) is 6.92 Å². The number of aryl methyl sites for hydroxylation is 1. The number of piperazine rings is 1. The summed E-state index contributed by atoms with van der Waals surface area (Å²) in [5.41, 5.74) is 1.52. The monoisotopic (exact) mass is 450 g/mol. The Balaban J connectivity index is 1.58. The molecule has 1 N–H and O–H groups in total. The van der Waals surface area contributed by atoms with Gasteiger partial charge in [0, 0.05) is 37.4 Å². The number of rotatable bonds is 4. The zero-order chi connectivity index (χ0) is 23.8. The van der Waals surface area contributed by atoms with E-state index in [0.717, 1.165) is 18.7 Å². The van der Waals surface area contributed by atoms with Crippen molar-refractivity contribution in [3.8, 4) is 5.75 Å². The molecule has 174 valence electrons. The Kier molecular flexibility index (Phi) is 6.12. The standard InChI is InChI=1S/C25H30N4O4/c1-17-5-8-19(9-6-17)26-22(30)16-29-20-15-18(23(31)28-13-11-27(4)12-14-28)7-10-21(20)33-25(2,3)24(29)32/h5-10,15H,11-14,16H2,1-4H3,(H,26,30). The first kappa shape index (κ1) is 22.8. The smallest absolute Gasteiger partial charge is 0.271 e. The topological polar surface area (TPSA) is 82.2 Å². The highest BCUT2D eigenvalue weighted by Crippen LogP contribution is 2.38. The van der Waals surface area contributed by atoms with Gasteiger partial charge in [-0.1, -0.05) is 17.7 Å². The Hall–Kier alpha value is -3.39. The molecule has 33 heavy (non-hydrogen) atoms. The molecule has 0 atom stereocenters. The molecule has 2 aliphatic rings. The Morgan fingerprint density at radius 1 is 1.03 bits per heavy atom. The maximum Gasteiger partial charge on any atom is 0.271 e. The van der Waals surface area contributed by atoms with Gasteiger partial charge in [-0.3, -0.25) is 19.3 Å². The maximum absolute atomic E-state index is 13.2. The molecule has 2 heterocycles. The lowest BCUT2D eigenvalue weighted by molar-refractivity contribution is -0.133. The van der Waals surface area contributed by atoms with Crippen LogP contribution in [0.1, 0.15) is 29.8 Å². The molecule has 0 saturated carbocycles. The third-order valence-corrected chi connectivity index (χ3v) is 6.05. The van der Waals surface area contributed by atoms with Crippen molar-refractivity contribution in [2.45, 2.75) is 26.4 Å². The molecular formula is C25H30N4O4. The molecule has 0 spiro atoms. The van der Waals surface area contributed by atoms with E-state index >= 15 is 0 Å². The fourth-order valence-electron chi connectivity index (χ4n) is 4.03. The Morgan fingerprint density at radius 3 is 2.36 bits per heavy atom. The van der Waals surface area contributed by atoms with Gasteiger partial charge in [0.2, 0.25) is 5.91 Å². The summed E-state index contributed by atoms with van der Waals surface area (Å²) in [6.07, 6.45) is 0. The number of likely N-dealkylation sites (N-methyl/N-ethyl adjacent to an activating group) is 1. The first-order valence-electron chi connectivity index (χ1n) is 11.1. The Bertz CT molecular complexity index is 1070. The molecule has 1 fully saturated rings. The number of anilines is 2. The maximum atomic E-state index is 13.2. The van der Waals surface area contributed by atoms with E-state index in [-0.39, 0.29) is 24.3 Å². The van der Waals surface area contributed by atoms with Crippen molar-refractivity contribution in [2.24, 2.45) is 0 Å². The number of ether oxygens (including phenoxy) is 1. The van der Waals surface area contributed by atoms with E-state index in [9.17, 15) is 14.4 Å². The molecule has 8 heteroatoms. The van der Waals surface area contributed by atoms with E-state index in [1.54, 1.807) is 32.0 Å². The number of amides is 3. The van der Waals surface area contributed by atoms with Gasteiger partial charge in [-0.25, -0.2) is 0 Å². The predicted octanol–water partition coefficient (Wildman–Crippen LogP) is 2.53. The van der Waals surface area contributed by atoms with Crippen molar-refractivity contribution < 1.29 is 19.1 Å². The van der Waals surface area contributed by atoms with Crippen LogP contribution in [0.4, 0.5) is 11.4 Å². The van der Waals surface area contributed by atoms with Gasteiger partial charge in [-0.2, -0.15) is 0 Å². The number of nitrogens with one attached hydrogen (secondary N) is 1. The molecule has 0 bridgehead atoms. The fraction of sp³-hybridized carbons (Fsp3) is 0.400. The third-order valence-electron chi connectivity index (χ3n) is 6.05. The van der Waals surface area contributed by atoms with Gasteiger partial charge < -0.3 is 19.9 Å². The van der Waals surface area contributed by atoms with E-state index in [1.165, 1.54) is 4.90 Å². The number of hydrogen-bond donors (Lipinski definition) is 1. The normalized spacial score (nSPS) is 17.9. The second-order valence-electron chi connectivity index (χ2n) is 9.20. The number of hydrogen-bond acceptors (Lipinski definition) is 5. The molecule has 8 nitrogen and oxygen atoms in total. The van der Waals surface area contributed by atoms with Gasteiger partial charge in [0.25, 0.3) is 11.8 Å². The lowest BCUT2D eigenvalue weighted by atomic mass is 10.0. The van der Waals surface area contributed by atoms with Gasteiger partial charge in [0.15, 0.2) is 5.60 Å². The zero-order valence-corrected chi connectivity index (χ0v) is 19.6.